The minimum atomic E-state index is -4.34. The van der Waals surface area contributed by atoms with E-state index >= 15 is 0 Å². The summed E-state index contributed by atoms with van der Waals surface area (Å²) in [6.45, 7) is 0. The van der Waals surface area contributed by atoms with Crippen molar-refractivity contribution in [1.82, 2.24) is 4.98 Å². The number of thiazole rings is 1. The maximum absolute atomic E-state index is 12.4. The average Bonchev–Trinajstić information content (AvgIpc) is 2.92. The van der Waals surface area contributed by atoms with Crippen LogP contribution >= 0.6 is 38.6 Å². The molecule has 0 spiro atoms. The van der Waals surface area contributed by atoms with Gasteiger partial charge < -0.3 is 0 Å². The van der Waals surface area contributed by atoms with Crippen LogP contribution in [-0.4, -0.2) is 4.98 Å². The fourth-order valence-corrected chi connectivity index (χ4v) is 4.15. The first kappa shape index (κ1) is 14.6. The first-order valence-corrected chi connectivity index (χ1v) is 7.99. The van der Waals surface area contributed by atoms with Crippen molar-refractivity contribution in [2.75, 3.05) is 0 Å². The Hall–Kier alpha value is -1.32. The number of thiophene rings is 1. The number of hydrogen-bond acceptors (Lipinski definition) is 5. The molecule has 0 saturated carbocycles. The lowest BCUT2D eigenvalue weighted by atomic mass is 10.2. The molecule has 0 aliphatic carbocycles. The lowest BCUT2D eigenvalue weighted by molar-refractivity contribution is -0.137. The highest BCUT2D eigenvalue weighted by Gasteiger charge is 2.29. The second kappa shape index (κ2) is 5.47. The molecule has 0 saturated heterocycles. The quantitative estimate of drug-likeness (QED) is 0.456. The summed E-state index contributed by atoms with van der Waals surface area (Å²) in [6.07, 6.45) is -4.34. The summed E-state index contributed by atoms with van der Waals surface area (Å²) in [4.78, 5) is 5.11. The van der Waals surface area contributed by atoms with E-state index < -0.39 is 11.7 Å². The Kier molecular flexibility index (Phi) is 3.80. The zero-order valence-electron chi connectivity index (χ0n) is 10.1. The van der Waals surface area contributed by atoms with Crippen LogP contribution in [0.1, 0.15) is 5.56 Å². The molecule has 0 N–H and O–H groups in total. The van der Waals surface area contributed by atoms with E-state index in [9.17, 15) is 13.2 Å². The van der Waals surface area contributed by atoms with Crippen molar-refractivity contribution in [1.29, 1.82) is 0 Å². The minimum Gasteiger partial charge on any atom is -0.218 e. The molecule has 0 aliphatic heterocycles. The van der Waals surface area contributed by atoms with E-state index in [4.69, 9.17) is 0 Å². The molecule has 0 bridgehead atoms. The molecule has 21 heavy (non-hydrogen) atoms. The van der Waals surface area contributed by atoms with E-state index in [1.165, 1.54) is 34.8 Å². The van der Waals surface area contributed by atoms with Gasteiger partial charge in [0.1, 0.15) is 9.83 Å². The van der Waals surface area contributed by atoms with Crippen molar-refractivity contribution in [2.45, 2.75) is 6.18 Å². The lowest BCUT2D eigenvalue weighted by Gasteiger charge is -2.05. The number of hydrogen-bond donors (Lipinski definition) is 0. The average molecular weight is 392 g/mol. The third kappa shape index (κ3) is 3.30. The number of benzene rings is 1. The number of nitrogens with zero attached hydrogens (tertiary/aromatic N) is 3. The summed E-state index contributed by atoms with van der Waals surface area (Å²) in [5, 5.41) is 8.61. The van der Waals surface area contributed by atoms with Gasteiger partial charge in [-0.15, -0.1) is 21.6 Å². The number of aromatic nitrogens is 1. The summed E-state index contributed by atoms with van der Waals surface area (Å²) in [7, 11) is 0. The van der Waals surface area contributed by atoms with Gasteiger partial charge in [-0.25, -0.2) is 4.98 Å². The van der Waals surface area contributed by atoms with Crippen LogP contribution in [0.2, 0.25) is 0 Å². The van der Waals surface area contributed by atoms with E-state index in [0.717, 1.165) is 25.6 Å². The zero-order chi connectivity index (χ0) is 15.0. The summed E-state index contributed by atoms with van der Waals surface area (Å²) in [6, 6.07) is 6.39. The zero-order valence-corrected chi connectivity index (χ0v) is 13.3. The maximum atomic E-state index is 12.4. The predicted molar refractivity (Wildman–Crippen MR) is 80.8 cm³/mol. The van der Waals surface area contributed by atoms with Gasteiger partial charge in [0.2, 0.25) is 0 Å². The molecule has 0 atom stereocenters. The summed E-state index contributed by atoms with van der Waals surface area (Å²) >= 11 is 6.16. The van der Waals surface area contributed by atoms with Crippen molar-refractivity contribution >= 4 is 58.8 Å². The van der Waals surface area contributed by atoms with Crippen LogP contribution in [0.5, 0.6) is 0 Å². The smallest absolute Gasteiger partial charge is 0.218 e. The number of alkyl halides is 3. The van der Waals surface area contributed by atoms with Crippen LogP contribution in [0.25, 0.3) is 9.53 Å². The second-order valence-electron chi connectivity index (χ2n) is 3.97. The third-order valence-corrected chi connectivity index (χ3v) is 5.01. The highest BCUT2D eigenvalue weighted by molar-refractivity contribution is 9.11. The number of rotatable bonds is 2. The van der Waals surface area contributed by atoms with Crippen LogP contribution in [0.3, 0.4) is 0 Å². The molecular weight excluding hydrogens is 387 g/mol. The molecule has 0 aliphatic rings. The van der Waals surface area contributed by atoms with Gasteiger partial charge in [0.05, 0.1) is 16.0 Å². The van der Waals surface area contributed by atoms with Crippen LogP contribution < -0.4 is 0 Å². The van der Waals surface area contributed by atoms with Crippen molar-refractivity contribution < 1.29 is 13.2 Å². The van der Waals surface area contributed by atoms with Crippen molar-refractivity contribution in [3.63, 3.8) is 0 Å². The Morgan fingerprint density at radius 3 is 2.38 bits per heavy atom. The molecule has 3 rings (SSSR count). The van der Waals surface area contributed by atoms with Crippen LogP contribution in [0.4, 0.5) is 23.9 Å². The Labute approximate surface area is 133 Å². The summed E-state index contributed by atoms with van der Waals surface area (Å²) in [5.74, 6) is 0. The molecule has 0 amide bonds. The minimum absolute atomic E-state index is 0.369. The summed E-state index contributed by atoms with van der Waals surface area (Å²) in [5.41, 5.74) is -0.332. The topological polar surface area (TPSA) is 37.6 Å². The molecule has 2 aromatic heterocycles. The molecule has 108 valence electrons. The van der Waals surface area contributed by atoms with E-state index in [0.29, 0.717) is 10.7 Å². The fourth-order valence-electron chi connectivity index (χ4n) is 1.57. The maximum Gasteiger partial charge on any atom is 0.416 e. The van der Waals surface area contributed by atoms with Crippen LogP contribution in [0, 0.1) is 0 Å². The monoisotopic (exact) mass is 391 g/mol. The standard InChI is InChI=1S/C12H5BrF3N3S2/c13-11-17-10-8(20-11)5-9(21-10)19-18-7-3-1-6(2-4-7)12(14,15)16/h1-5H. The Morgan fingerprint density at radius 2 is 1.76 bits per heavy atom. The molecule has 0 fully saturated rings. The van der Waals surface area contributed by atoms with Crippen molar-refractivity contribution in [3.05, 3.63) is 39.8 Å². The van der Waals surface area contributed by atoms with Crippen LogP contribution in [0.15, 0.2) is 44.5 Å². The first-order chi connectivity index (χ1) is 9.91. The van der Waals surface area contributed by atoms with Gasteiger partial charge in [0.15, 0.2) is 3.92 Å². The first-order valence-electron chi connectivity index (χ1n) is 5.57. The van der Waals surface area contributed by atoms with Crippen LogP contribution in [-0.2, 0) is 6.18 Å². The molecule has 3 aromatic rings. The predicted octanol–water partition coefficient (Wildman–Crippen LogP) is 6.55. The van der Waals surface area contributed by atoms with E-state index in [1.54, 1.807) is 0 Å². The third-order valence-electron chi connectivity index (χ3n) is 2.51. The lowest BCUT2D eigenvalue weighted by Crippen LogP contribution is -2.03. The Morgan fingerprint density at radius 1 is 1.05 bits per heavy atom. The molecule has 0 radical (unpaired) electrons. The highest BCUT2D eigenvalue weighted by atomic mass is 79.9. The largest absolute Gasteiger partial charge is 0.416 e. The summed E-state index contributed by atoms with van der Waals surface area (Å²) < 4.78 is 39.1. The molecular formula is C12H5BrF3N3S2. The molecule has 2 heterocycles. The van der Waals surface area contributed by atoms with Gasteiger partial charge in [0.25, 0.3) is 0 Å². The van der Waals surface area contributed by atoms with Gasteiger partial charge in [-0.3, -0.25) is 0 Å². The van der Waals surface area contributed by atoms with Gasteiger partial charge in [0, 0.05) is 0 Å². The highest BCUT2D eigenvalue weighted by Crippen LogP contribution is 2.37. The van der Waals surface area contributed by atoms with Gasteiger partial charge >= 0.3 is 6.18 Å². The van der Waals surface area contributed by atoms with Crippen molar-refractivity contribution in [3.8, 4) is 0 Å². The van der Waals surface area contributed by atoms with Gasteiger partial charge in [-0.05, 0) is 46.3 Å². The molecule has 0 unspecified atom stereocenters. The van der Waals surface area contributed by atoms with Gasteiger partial charge in [-0.1, -0.05) is 11.3 Å². The Bertz CT molecular complexity index is 774. The molecule has 1 aromatic carbocycles. The number of halogens is 4. The number of azo groups is 1. The fraction of sp³-hybridized carbons (Fsp3) is 0.0833. The van der Waals surface area contributed by atoms with E-state index in [2.05, 4.69) is 31.1 Å². The SMILES string of the molecule is FC(F)(F)c1ccc(N=Nc2cc3sc(Br)nc3s2)cc1. The number of fused-ring (bicyclic) bond motifs is 1. The second-order valence-corrected chi connectivity index (χ2v) is 7.28. The normalized spacial score (nSPS) is 12.6. The molecule has 9 heteroatoms. The molecule has 3 nitrogen and oxygen atoms in total. The van der Waals surface area contributed by atoms with E-state index in [-0.39, 0.29) is 0 Å². The Balaban J connectivity index is 1.80. The van der Waals surface area contributed by atoms with Crippen molar-refractivity contribution in [2.24, 2.45) is 10.2 Å². The van der Waals surface area contributed by atoms with Gasteiger partial charge in [-0.2, -0.15) is 13.2 Å². The van der Waals surface area contributed by atoms with E-state index in [1.807, 2.05) is 6.07 Å².